The van der Waals surface area contributed by atoms with Crippen LogP contribution in [0.1, 0.15) is 12.7 Å². The number of rotatable bonds is 2. The molecule has 1 aromatic carbocycles. The number of benzene rings is 1. The van der Waals surface area contributed by atoms with Crippen molar-refractivity contribution in [2.45, 2.75) is 6.92 Å². The van der Waals surface area contributed by atoms with Gasteiger partial charge in [0.2, 0.25) is 0 Å². The van der Waals surface area contributed by atoms with E-state index in [9.17, 15) is 0 Å². The normalized spacial score (nSPS) is 12.1. The van der Waals surface area contributed by atoms with Gasteiger partial charge in [0.05, 0.1) is 11.0 Å². The Hall–Kier alpha value is -1.83. The molecule has 1 heterocycles. The van der Waals surface area contributed by atoms with Gasteiger partial charge in [-0.05, 0) is 25.1 Å². The summed E-state index contributed by atoms with van der Waals surface area (Å²) in [4.78, 5) is 4.53. The Morgan fingerprint density at radius 3 is 2.73 bits per heavy atom. The highest BCUT2D eigenvalue weighted by Gasteiger charge is 2.02. The van der Waals surface area contributed by atoms with Crippen LogP contribution in [-0.4, -0.2) is 9.55 Å². The molecule has 0 bridgehead atoms. The Balaban J connectivity index is 2.48. The molecule has 0 spiro atoms. The van der Waals surface area contributed by atoms with Crippen molar-refractivity contribution in [2.24, 2.45) is 7.05 Å². The van der Waals surface area contributed by atoms with Gasteiger partial charge >= 0.3 is 0 Å². The first-order valence-corrected chi connectivity index (χ1v) is 5.04. The van der Waals surface area contributed by atoms with Gasteiger partial charge in [-0.1, -0.05) is 30.4 Å². The van der Waals surface area contributed by atoms with Crippen LogP contribution in [0.15, 0.2) is 42.5 Å². The fraction of sp³-hybridized carbons (Fsp3) is 0.154. The highest BCUT2D eigenvalue weighted by Crippen LogP contribution is 2.14. The lowest BCUT2D eigenvalue weighted by Gasteiger charge is -1.95. The van der Waals surface area contributed by atoms with Gasteiger partial charge in [0, 0.05) is 7.05 Å². The van der Waals surface area contributed by atoms with Crippen molar-refractivity contribution < 1.29 is 0 Å². The molecule has 2 rings (SSSR count). The molecule has 76 valence electrons. The molecule has 0 atom stereocenters. The molecule has 0 saturated carbocycles. The number of imidazole rings is 1. The second-order valence-electron chi connectivity index (χ2n) is 3.40. The van der Waals surface area contributed by atoms with Crippen molar-refractivity contribution in [3.05, 3.63) is 48.3 Å². The zero-order valence-electron chi connectivity index (χ0n) is 9.01. The molecule has 2 nitrogen and oxygen atoms in total. The second kappa shape index (κ2) is 4.13. The second-order valence-corrected chi connectivity index (χ2v) is 3.40. The lowest BCUT2D eigenvalue weighted by molar-refractivity contribution is 0.930. The van der Waals surface area contributed by atoms with Crippen LogP contribution < -0.4 is 0 Å². The first-order valence-electron chi connectivity index (χ1n) is 5.04. The van der Waals surface area contributed by atoms with Crippen LogP contribution in [0.4, 0.5) is 0 Å². The molecule has 0 aliphatic rings. The minimum absolute atomic E-state index is 0.981. The molecular weight excluding hydrogens is 184 g/mol. The third-order valence-corrected chi connectivity index (χ3v) is 2.37. The Morgan fingerprint density at radius 2 is 2.00 bits per heavy atom. The number of hydrogen-bond acceptors (Lipinski definition) is 1. The molecule has 0 fully saturated rings. The lowest BCUT2D eigenvalue weighted by Crippen LogP contribution is -1.90. The Morgan fingerprint density at radius 1 is 1.20 bits per heavy atom. The first-order chi connectivity index (χ1) is 7.33. The topological polar surface area (TPSA) is 17.8 Å². The number of aromatic nitrogens is 2. The van der Waals surface area contributed by atoms with Crippen molar-refractivity contribution in [3.63, 3.8) is 0 Å². The summed E-state index contributed by atoms with van der Waals surface area (Å²) in [5.41, 5.74) is 2.21. The average Bonchev–Trinajstić information content (AvgIpc) is 2.57. The number of fused-ring (bicyclic) bond motifs is 1. The average molecular weight is 198 g/mol. The molecule has 0 N–H and O–H groups in total. The molecule has 15 heavy (non-hydrogen) atoms. The van der Waals surface area contributed by atoms with E-state index in [1.165, 1.54) is 0 Å². The Bertz CT molecular complexity index is 518. The molecule has 2 heteroatoms. The zero-order valence-corrected chi connectivity index (χ0v) is 9.01. The van der Waals surface area contributed by atoms with Crippen molar-refractivity contribution in [1.29, 1.82) is 0 Å². The van der Waals surface area contributed by atoms with Crippen molar-refractivity contribution >= 4 is 17.1 Å². The van der Waals surface area contributed by atoms with Crippen LogP contribution in [0.3, 0.4) is 0 Å². The van der Waals surface area contributed by atoms with Crippen molar-refractivity contribution in [3.8, 4) is 0 Å². The van der Waals surface area contributed by atoms with Crippen LogP contribution in [0.25, 0.3) is 17.1 Å². The predicted molar refractivity (Wildman–Crippen MR) is 64.6 cm³/mol. The van der Waals surface area contributed by atoms with Gasteiger partial charge in [-0.15, -0.1) is 0 Å². The maximum Gasteiger partial charge on any atom is 0.133 e. The van der Waals surface area contributed by atoms with E-state index >= 15 is 0 Å². The van der Waals surface area contributed by atoms with Crippen LogP contribution in [-0.2, 0) is 7.05 Å². The molecule has 0 radical (unpaired) electrons. The number of allylic oxidation sites excluding steroid dienone is 3. The summed E-state index contributed by atoms with van der Waals surface area (Å²) >= 11 is 0. The maximum atomic E-state index is 4.53. The minimum Gasteiger partial charge on any atom is -0.328 e. The minimum atomic E-state index is 0.981. The number of nitrogens with zero attached hydrogens (tertiary/aromatic N) is 2. The largest absolute Gasteiger partial charge is 0.328 e. The van der Waals surface area contributed by atoms with E-state index in [-0.39, 0.29) is 0 Å². The molecular formula is C13H14N2. The third kappa shape index (κ3) is 1.84. The summed E-state index contributed by atoms with van der Waals surface area (Å²) in [6.45, 7) is 2.00. The van der Waals surface area contributed by atoms with Crippen LogP contribution >= 0.6 is 0 Å². The fourth-order valence-corrected chi connectivity index (χ4v) is 1.57. The monoisotopic (exact) mass is 198 g/mol. The number of hydrogen-bond donors (Lipinski definition) is 0. The molecule has 0 saturated heterocycles. The van der Waals surface area contributed by atoms with E-state index in [4.69, 9.17) is 0 Å². The third-order valence-electron chi connectivity index (χ3n) is 2.37. The van der Waals surface area contributed by atoms with E-state index in [0.717, 1.165) is 16.9 Å². The van der Waals surface area contributed by atoms with Gasteiger partial charge in [-0.2, -0.15) is 0 Å². The predicted octanol–water partition coefficient (Wildman–Crippen LogP) is 3.16. The standard InChI is InChI=1S/C13H14N2/c1-3-4-5-10-13-14-11-8-6-7-9-12(11)15(13)2/h3-10H,1-2H3/b4-3-,10-5-. The summed E-state index contributed by atoms with van der Waals surface area (Å²) in [5.74, 6) is 0.981. The van der Waals surface area contributed by atoms with Crippen LogP contribution in [0, 0.1) is 0 Å². The maximum absolute atomic E-state index is 4.53. The van der Waals surface area contributed by atoms with E-state index in [0.29, 0.717) is 0 Å². The van der Waals surface area contributed by atoms with Gasteiger partial charge in [0.15, 0.2) is 0 Å². The summed E-state index contributed by atoms with van der Waals surface area (Å²) in [6, 6.07) is 8.15. The quantitative estimate of drug-likeness (QED) is 0.678. The Kier molecular flexibility index (Phi) is 2.68. The molecule has 0 aliphatic carbocycles. The van der Waals surface area contributed by atoms with Crippen LogP contribution in [0.2, 0.25) is 0 Å². The molecule has 0 aliphatic heterocycles. The molecule has 0 unspecified atom stereocenters. The van der Waals surface area contributed by atoms with E-state index < -0.39 is 0 Å². The molecule has 2 aromatic rings. The van der Waals surface area contributed by atoms with Crippen molar-refractivity contribution in [1.82, 2.24) is 9.55 Å². The smallest absolute Gasteiger partial charge is 0.133 e. The summed E-state index contributed by atoms with van der Waals surface area (Å²) in [6.07, 6.45) is 8.01. The number of para-hydroxylation sites is 2. The summed E-state index contributed by atoms with van der Waals surface area (Å²) in [5, 5.41) is 0. The van der Waals surface area contributed by atoms with Gasteiger partial charge in [0.1, 0.15) is 5.82 Å². The van der Waals surface area contributed by atoms with E-state index in [1.807, 2.05) is 56.5 Å². The molecule has 0 amide bonds. The lowest BCUT2D eigenvalue weighted by atomic mass is 10.3. The fourth-order valence-electron chi connectivity index (χ4n) is 1.57. The Labute approximate surface area is 89.6 Å². The van der Waals surface area contributed by atoms with Crippen molar-refractivity contribution in [2.75, 3.05) is 0 Å². The van der Waals surface area contributed by atoms with Crippen LogP contribution in [0.5, 0.6) is 0 Å². The number of aryl methyl sites for hydroxylation is 1. The van der Waals surface area contributed by atoms with Gasteiger partial charge in [-0.3, -0.25) is 0 Å². The summed E-state index contributed by atoms with van der Waals surface area (Å²) in [7, 11) is 2.03. The molecule has 1 aromatic heterocycles. The summed E-state index contributed by atoms with van der Waals surface area (Å²) < 4.78 is 2.09. The highest BCUT2D eigenvalue weighted by molar-refractivity contribution is 5.77. The highest BCUT2D eigenvalue weighted by atomic mass is 15.0. The first kappa shape index (κ1) is 9.71. The van der Waals surface area contributed by atoms with Gasteiger partial charge in [0.25, 0.3) is 0 Å². The van der Waals surface area contributed by atoms with Gasteiger partial charge < -0.3 is 4.57 Å². The van der Waals surface area contributed by atoms with Gasteiger partial charge in [-0.25, -0.2) is 4.98 Å². The zero-order chi connectivity index (χ0) is 10.7. The van der Waals surface area contributed by atoms with E-state index in [2.05, 4.69) is 15.6 Å². The van der Waals surface area contributed by atoms with E-state index in [1.54, 1.807) is 0 Å². The SMILES string of the molecule is C/C=C\C=C/c1nc2ccccc2n1C.